The summed E-state index contributed by atoms with van der Waals surface area (Å²) in [6, 6.07) is 5.15. The molecule has 1 rings (SSSR count). The van der Waals surface area contributed by atoms with Crippen molar-refractivity contribution in [3.63, 3.8) is 0 Å². The lowest BCUT2D eigenvalue weighted by Gasteiger charge is -2.05. The van der Waals surface area contributed by atoms with E-state index in [2.05, 4.69) is 25.7 Å². The standard InChI is InChI=1S/C13H15F/c1-4-5-6-12-9-11(10(2)3)7-8-13(12)14/h7-10H,4H2,1-3H3. The maximum Gasteiger partial charge on any atom is 0.138 e. The molecule has 0 heterocycles. The number of benzene rings is 1. The lowest BCUT2D eigenvalue weighted by atomic mass is 10.0. The van der Waals surface area contributed by atoms with Crippen molar-refractivity contribution >= 4 is 0 Å². The van der Waals surface area contributed by atoms with E-state index < -0.39 is 0 Å². The highest BCUT2D eigenvalue weighted by molar-refractivity contribution is 5.39. The number of rotatable bonds is 1. The lowest BCUT2D eigenvalue weighted by molar-refractivity contribution is 0.622. The zero-order valence-electron chi connectivity index (χ0n) is 8.89. The average molecular weight is 190 g/mol. The minimum Gasteiger partial charge on any atom is -0.206 e. The third-order valence-corrected chi connectivity index (χ3v) is 2.06. The van der Waals surface area contributed by atoms with Gasteiger partial charge in [0.05, 0.1) is 5.56 Å². The van der Waals surface area contributed by atoms with Gasteiger partial charge in [0, 0.05) is 6.42 Å². The molecule has 0 aliphatic rings. The Morgan fingerprint density at radius 1 is 1.36 bits per heavy atom. The van der Waals surface area contributed by atoms with Gasteiger partial charge in [-0.1, -0.05) is 38.7 Å². The fourth-order valence-electron chi connectivity index (χ4n) is 1.18. The van der Waals surface area contributed by atoms with Crippen LogP contribution in [0.4, 0.5) is 4.39 Å². The highest BCUT2D eigenvalue weighted by Gasteiger charge is 2.03. The van der Waals surface area contributed by atoms with Crippen molar-refractivity contribution in [3.8, 4) is 11.8 Å². The molecule has 0 unspecified atom stereocenters. The first-order valence-electron chi connectivity index (χ1n) is 4.93. The van der Waals surface area contributed by atoms with Gasteiger partial charge in [-0.25, -0.2) is 4.39 Å². The summed E-state index contributed by atoms with van der Waals surface area (Å²) in [5.74, 6) is 5.90. The third kappa shape index (κ3) is 2.60. The molecule has 0 bridgehead atoms. The molecular formula is C13H15F. The molecule has 14 heavy (non-hydrogen) atoms. The molecule has 0 fully saturated rings. The van der Waals surface area contributed by atoms with Gasteiger partial charge in [0.1, 0.15) is 5.82 Å². The van der Waals surface area contributed by atoms with E-state index in [9.17, 15) is 4.39 Å². The van der Waals surface area contributed by atoms with Crippen molar-refractivity contribution in [3.05, 3.63) is 35.1 Å². The summed E-state index contributed by atoms with van der Waals surface area (Å²) in [4.78, 5) is 0. The molecule has 1 aromatic carbocycles. The Bertz CT molecular complexity index is 367. The Hall–Kier alpha value is -1.29. The van der Waals surface area contributed by atoms with E-state index in [1.165, 1.54) is 6.07 Å². The second-order valence-corrected chi connectivity index (χ2v) is 3.55. The van der Waals surface area contributed by atoms with E-state index in [0.29, 0.717) is 11.5 Å². The van der Waals surface area contributed by atoms with Gasteiger partial charge < -0.3 is 0 Å². The average Bonchev–Trinajstić information content (AvgIpc) is 2.16. The van der Waals surface area contributed by atoms with Crippen molar-refractivity contribution in [2.24, 2.45) is 0 Å². The van der Waals surface area contributed by atoms with E-state index in [1.54, 1.807) is 0 Å². The van der Waals surface area contributed by atoms with E-state index in [1.807, 2.05) is 19.1 Å². The molecule has 1 heteroatoms. The summed E-state index contributed by atoms with van der Waals surface area (Å²) in [6.07, 6.45) is 0.755. The summed E-state index contributed by atoms with van der Waals surface area (Å²) < 4.78 is 13.3. The zero-order chi connectivity index (χ0) is 10.6. The molecule has 0 aliphatic heterocycles. The molecule has 0 aromatic heterocycles. The van der Waals surface area contributed by atoms with E-state index in [0.717, 1.165) is 12.0 Å². The van der Waals surface area contributed by atoms with Crippen molar-refractivity contribution in [2.75, 3.05) is 0 Å². The van der Waals surface area contributed by atoms with E-state index in [-0.39, 0.29) is 5.82 Å². The summed E-state index contributed by atoms with van der Waals surface area (Å²) in [5, 5.41) is 0. The SMILES string of the molecule is CCC#Cc1cc(C(C)C)ccc1F. The molecule has 0 saturated carbocycles. The Morgan fingerprint density at radius 2 is 2.07 bits per heavy atom. The van der Waals surface area contributed by atoms with Crippen LogP contribution >= 0.6 is 0 Å². The van der Waals surface area contributed by atoms with Gasteiger partial charge >= 0.3 is 0 Å². The van der Waals surface area contributed by atoms with Gasteiger partial charge in [0.25, 0.3) is 0 Å². The summed E-state index contributed by atoms with van der Waals surface area (Å²) >= 11 is 0. The molecule has 0 nitrogen and oxygen atoms in total. The monoisotopic (exact) mass is 190 g/mol. The first-order chi connectivity index (χ1) is 6.65. The van der Waals surface area contributed by atoms with Crippen LogP contribution in [0.5, 0.6) is 0 Å². The molecule has 0 aliphatic carbocycles. The second-order valence-electron chi connectivity index (χ2n) is 3.55. The van der Waals surface area contributed by atoms with Crippen LogP contribution in [0.2, 0.25) is 0 Å². The van der Waals surface area contributed by atoms with Gasteiger partial charge in [-0.15, -0.1) is 0 Å². The normalized spacial score (nSPS) is 9.79. The van der Waals surface area contributed by atoms with Crippen LogP contribution < -0.4 is 0 Å². The fraction of sp³-hybridized carbons (Fsp3) is 0.385. The molecule has 0 N–H and O–H groups in total. The van der Waals surface area contributed by atoms with Crippen molar-refractivity contribution in [1.29, 1.82) is 0 Å². The predicted octanol–water partition coefficient (Wildman–Crippen LogP) is 3.71. The molecule has 0 atom stereocenters. The van der Waals surface area contributed by atoms with E-state index in [4.69, 9.17) is 0 Å². The Morgan fingerprint density at radius 3 is 2.64 bits per heavy atom. The fourth-order valence-corrected chi connectivity index (χ4v) is 1.18. The highest BCUT2D eigenvalue weighted by atomic mass is 19.1. The Labute approximate surface area is 85.2 Å². The van der Waals surface area contributed by atoms with Crippen LogP contribution in [0.1, 0.15) is 44.2 Å². The maximum atomic E-state index is 13.3. The minimum absolute atomic E-state index is 0.227. The van der Waals surface area contributed by atoms with Crippen LogP contribution in [-0.4, -0.2) is 0 Å². The van der Waals surface area contributed by atoms with Crippen LogP contribution in [0.15, 0.2) is 18.2 Å². The summed E-state index contributed by atoms with van der Waals surface area (Å²) in [7, 11) is 0. The topological polar surface area (TPSA) is 0 Å². The quantitative estimate of drug-likeness (QED) is 0.592. The van der Waals surface area contributed by atoms with Gasteiger partial charge in [0.15, 0.2) is 0 Å². The highest BCUT2D eigenvalue weighted by Crippen LogP contribution is 2.17. The molecule has 0 spiro atoms. The molecular weight excluding hydrogens is 175 g/mol. The van der Waals surface area contributed by atoms with Crippen LogP contribution in [-0.2, 0) is 0 Å². The molecule has 74 valence electrons. The zero-order valence-corrected chi connectivity index (χ0v) is 8.89. The molecule has 0 amide bonds. The first-order valence-corrected chi connectivity index (χ1v) is 4.93. The van der Waals surface area contributed by atoms with Crippen LogP contribution in [0.3, 0.4) is 0 Å². The van der Waals surface area contributed by atoms with Crippen molar-refractivity contribution in [2.45, 2.75) is 33.1 Å². The van der Waals surface area contributed by atoms with Gasteiger partial charge in [-0.2, -0.15) is 0 Å². The first kappa shape index (κ1) is 10.8. The third-order valence-electron chi connectivity index (χ3n) is 2.06. The van der Waals surface area contributed by atoms with Gasteiger partial charge in [-0.05, 0) is 23.6 Å². The van der Waals surface area contributed by atoms with Crippen LogP contribution in [0, 0.1) is 17.7 Å². The summed E-state index contributed by atoms with van der Waals surface area (Å²) in [5.41, 5.74) is 1.64. The number of hydrogen-bond donors (Lipinski definition) is 0. The molecule has 0 saturated heterocycles. The van der Waals surface area contributed by atoms with Crippen molar-refractivity contribution < 1.29 is 4.39 Å². The summed E-state index contributed by atoms with van der Waals surface area (Å²) in [6.45, 7) is 6.13. The largest absolute Gasteiger partial charge is 0.206 e. The molecule has 1 aromatic rings. The number of halogens is 1. The smallest absolute Gasteiger partial charge is 0.138 e. The lowest BCUT2D eigenvalue weighted by Crippen LogP contribution is -1.91. The Kier molecular flexibility index (Phi) is 3.71. The minimum atomic E-state index is -0.227. The van der Waals surface area contributed by atoms with Gasteiger partial charge in [-0.3, -0.25) is 0 Å². The van der Waals surface area contributed by atoms with Crippen molar-refractivity contribution in [1.82, 2.24) is 0 Å². The van der Waals surface area contributed by atoms with Gasteiger partial charge in [0.2, 0.25) is 0 Å². The van der Waals surface area contributed by atoms with E-state index >= 15 is 0 Å². The number of hydrogen-bond acceptors (Lipinski definition) is 0. The maximum absolute atomic E-state index is 13.3. The second kappa shape index (κ2) is 4.81. The Balaban J connectivity index is 3.08. The predicted molar refractivity (Wildman–Crippen MR) is 57.7 cm³/mol. The molecule has 0 radical (unpaired) electrons. The van der Waals surface area contributed by atoms with Crippen LogP contribution in [0.25, 0.3) is 0 Å².